The summed E-state index contributed by atoms with van der Waals surface area (Å²) in [5.41, 5.74) is 2.43. The number of hydrogen-bond donors (Lipinski definition) is 1. The molecule has 0 saturated heterocycles. The van der Waals surface area contributed by atoms with Gasteiger partial charge < -0.3 is 4.74 Å². The van der Waals surface area contributed by atoms with E-state index >= 15 is 0 Å². The maximum atomic E-state index is 12.5. The van der Waals surface area contributed by atoms with E-state index in [-0.39, 0.29) is 11.4 Å². The number of nitrogens with one attached hydrogen (secondary N) is 1. The maximum Gasteiger partial charge on any atom is 0.241 e. The van der Waals surface area contributed by atoms with Crippen molar-refractivity contribution >= 4 is 10.0 Å². The smallest absolute Gasteiger partial charge is 0.241 e. The van der Waals surface area contributed by atoms with Crippen molar-refractivity contribution in [2.45, 2.75) is 18.4 Å². The molecule has 130 valence electrons. The van der Waals surface area contributed by atoms with Crippen LogP contribution in [0.3, 0.4) is 0 Å². The molecule has 2 aromatic carbocycles. The van der Waals surface area contributed by atoms with Gasteiger partial charge in [-0.25, -0.2) is 17.8 Å². The molecular formula is C18H19N3O3S. The van der Waals surface area contributed by atoms with E-state index in [1.807, 2.05) is 36.5 Å². The quantitative estimate of drug-likeness (QED) is 0.736. The number of hydrogen-bond acceptors (Lipinski definition) is 4. The van der Waals surface area contributed by atoms with Gasteiger partial charge in [0.05, 0.1) is 17.7 Å². The fourth-order valence-electron chi connectivity index (χ4n) is 2.49. The summed E-state index contributed by atoms with van der Waals surface area (Å²) in [6.45, 7) is 1.96. The van der Waals surface area contributed by atoms with E-state index in [1.165, 1.54) is 0 Å². The van der Waals surface area contributed by atoms with Gasteiger partial charge in [-0.15, -0.1) is 0 Å². The first-order valence-corrected chi connectivity index (χ1v) is 9.21. The number of methoxy groups -OCH3 is 1. The number of rotatable bonds is 6. The number of sulfonamides is 1. The Labute approximate surface area is 147 Å². The summed E-state index contributed by atoms with van der Waals surface area (Å²) in [4.78, 5) is 0.251. The van der Waals surface area contributed by atoms with Gasteiger partial charge in [-0.1, -0.05) is 12.1 Å². The molecule has 3 aromatic rings. The summed E-state index contributed by atoms with van der Waals surface area (Å²) in [6, 6.07) is 14.3. The summed E-state index contributed by atoms with van der Waals surface area (Å²) in [6.07, 6.45) is 3.56. The van der Waals surface area contributed by atoms with Crippen molar-refractivity contribution in [2.75, 3.05) is 7.11 Å². The first kappa shape index (κ1) is 17.2. The molecule has 0 atom stereocenters. The zero-order valence-electron chi connectivity index (χ0n) is 14.0. The third-order valence-corrected chi connectivity index (χ3v) is 5.40. The second-order valence-electron chi connectivity index (χ2n) is 5.57. The van der Waals surface area contributed by atoms with Crippen LogP contribution in [0.15, 0.2) is 65.8 Å². The van der Waals surface area contributed by atoms with Gasteiger partial charge >= 0.3 is 0 Å². The Bertz CT molecular complexity index is 950. The fourth-order valence-corrected chi connectivity index (χ4v) is 3.74. The molecule has 6 nitrogen and oxygen atoms in total. The molecule has 25 heavy (non-hydrogen) atoms. The highest BCUT2D eigenvalue weighted by atomic mass is 32.2. The Morgan fingerprint density at radius 2 is 1.92 bits per heavy atom. The lowest BCUT2D eigenvalue weighted by Gasteiger charge is -2.11. The normalized spacial score (nSPS) is 11.4. The Hall–Kier alpha value is -2.64. The van der Waals surface area contributed by atoms with Crippen molar-refractivity contribution in [1.29, 1.82) is 0 Å². The zero-order valence-corrected chi connectivity index (χ0v) is 14.8. The molecule has 1 heterocycles. The molecule has 0 fully saturated rings. The van der Waals surface area contributed by atoms with Crippen molar-refractivity contribution in [2.24, 2.45) is 0 Å². The van der Waals surface area contributed by atoms with Crippen molar-refractivity contribution in [3.63, 3.8) is 0 Å². The first-order valence-electron chi connectivity index (χ1n) is 7.73. The molecule has 1 aromatic heterocycles. The minimum absolute atomic E-state index is 0.215. The molecule has 3 rings (SSSR count). The second-order valence-corrected chi connectivity index (χ2v) is 7.31. The van der Waals surface area contributed by atoms with Crippen LogP contribution in [0, 0.1) is 6.92 Å². The van der Waals surface area contributed by atoms with Crippen LogP contribution in [-0.4, -0.2) is 25.3 Å². The van der Waals surface area contributed by atoms with Crippen LogP contribution in [0.5, 0.6) is 5.75 Å². The SMILES string of the molecule is COc1ccc(S(=O)(=O)NCc2ccc(-n3cccn3)cc2)c(C)c1. The number of aryl methyl sites for hydroxylation is 1. The van der Waals surface area contributed by atoms with Gasteiger partial charge in [0.15, 0.2) is 0 Å². The van der Waals surface area contributed by atoms with Gasteiger partial charge in [0.25, 0.3) is 0 Å². The first-order chi connectivity index (χ1) is 12.0. The number of aromatic nitrogens is 2. The molecule has 7 heteroatoms. The maximum absolute atomic E-state index is 12.5. The van der Waals surface area contributed by atoms with Crippen LogP contribution in [0.1, 0.15) is 11.1 Å². The molecule has 0 aliphatic heterocycles. The Morgan fingerprint density at radius 1 is 1.16 bits per heavy atom. The van der Waals surface area contributed by atoms with E-state index in [0.717, 1.165) is 11.3 Å². The third-order valence-electron chi connectivity index (χ3n) is 3.84. The van der Waals surface area contributed by atoms with Crippen LogP contribution in [-0.2, 0) is 16.6 Å². The van der Waals surface area contributed by atoms with Crippen LogP contribution < -0.4 is 9.46 Å². The lowest BCUT2D eigenvalue weighted by Crippen LogP contribution is -2.24. The molecule has 0 spiro atoms. The Morgan fingerprint density at radius 3 is 2.52 bits per heavy atom. The molecule has 0 unspecified atom stereocenters. The highest BCUT2D eigenvalue weighted by Gasteiger charge is 2.17. The standard InChI is InChI=1S/C18H19N3O3S/c1-14-12-17(24-2)8-9-18(14)25(22,23)20-13-15-4-6-16(7-5-15)21-11-3-10-19-21/h3-12,20H,13H2,1-2H3. The molecule has 0 aliphatic rings. The predicted molar refractivity (Wildman–Crippen MR) is 95.3 cm³/mol. The monoisotopic (exact) mass is 357 g/mol. The molecule has 0 amide bonds. The molecule has 0 saturated carbocycles. The van der Waals surface area contributed by atoms with Crippen molar-refractivity contribution in [1.82, 2.24) is 14.5 Å². The van der Waals surface area contributed by atoms with E-state index in [9.17, 15) is 8.42 Å². The second kappa shape index (κ2) is 7.08. The van der Waals surface area contributed by atoms with E-state index in [4.69, 9.17) is 4.74 Å². The third kappa shape index (κ3) is 3.89. The van der Waals surface area contributed by atoms with Gasteiger partial charge in [-0.3, -0.25) is 0 Å². The average molecular weight is 357 g/mol. The number of ether oxygens (including phenoxy) is 1. The van der Waals surface area contributed by atoms with Gasteiger partial charge in [0.1, 0.15) is 5.75 Å². The highest BCUT2D eigenvalue weighted by molar-refractivity contribution is 7.89. The highest BCUT2D eigenvalue weighted by Crippen LogP contribution is 2.21. The van der Waals surface area contributed by atoms with Crippen LogP contribution in [0.4, 0.5) is 0 Å². The van der Waals surface area contributed by atoms with Gasteiger partial charge in [0, 0.05) is 18.9 Å². The average Bonchev–Trinajstić information content (AvgIpc) is 3.15. The van der Waals surface area contributed by atoms with E-state index in [0.29, 0.717) is 11.3 Å². The molecule has 0 radical (unpaired) electrons. The molecular weight excluding hydrogens is 338 g/mol. The molecule has 1 N–H and O–H groups in total. The van der Waals surface area contributed by atoms with Crippen LogP contribution in [0.2, 0.25) is 0 Å². The fraction of sp³-hybridized carbons (Fsp3) is 0.167. The zero-order chi connectivity index (χ0) is 17.9. The summed E-state index contributed by atoms with van der Waals surface area (Å²) in [5, 5.41) is 4.16. The predicted octanol–water partition coefficient (Wildman–Crippen LogP) is 2.67. The Kier molecular flexibility index (Phi) is 4.87. The van der Waals surface area contributed by atoms with E-state index in [1.54, 1.807) is 43.1 Å². The summed E-state index contributed by atoms with van der Waals surface area (Å²) in [5.74, 6) is 0.630. The lowest BCUT2D eigenvalue weighted by atomic mass is 10.2. The van der Waals surface area contributed by atoms with Gasteiger partial charge in [0.2, 0.25) is 10.0 Å². The lowest BCUT2D eigenvalue weighted by molar-refractivity contribution is 0.414. The summed E-state index contributed by atoms with van der Waals surface area (Å²) >= 11 is 0. The van der Waals surface area contributed by atoms with Crippen molar-refractivity contribution in [3.8, 4) is 11.4 Å². The molecule has 0 aliphatic carbocycles. The van der Waals surface area contributed by atoms with Gasteiger partial charge in [-0.05, 0) is 54.4 Å². The largest absolute Gasteiger partial charge is 0.497 e. The van der Waals surface area contributed by atoms with Crippen molar-refractivity contribution in [3.05, 3.63) is 72.1 Å². The number of nitrogens with zero attached hydrogens (tertiary/aromatic N) is 2. The number of benzene rings is 2. The van der Waals surface area contributed by atoms with Crippen molar-refractivity contribution < 1.29 is 13.2 Å². The Balaban J connectivity index is 1.72. The summed E-state index contributed by atoms with van der Waals surface area (Å²) < 4.78 is 34.5. The topological polar surface area (TPSA) is 73.2 Å². The van der Waals surface area contributed by atoms with Gasteiger partial charge in [-0.2, -0.15) is 5.10 Å². The van der Waals surface area contributed by atoms with E-state index in [2.05, 4.69) is 9.82 Å². The minimum Gasteiger partial charge on any atom is -0.497 e. The van der Waals surface area contributed by atoms with Crippen LogP contribution in [0.25, 0.3) is 5.69 Å². The van der Waals surface area contributed by atoms with E-state index < -0.39 is 10.0 Å². The minimum atomic E-state index is -3.59. The molecule has 0 bridgehead atoms. The van der Waals surface area contributed by atoms with Crippen LogP contribution >= 0.6 is 0 Å². The summed E-state index contributed by atoms with van der Waals surface area (Å²) in [7, 11) is -2.04.